The molecule has 0 radical (unpaired) electrons. The first-order valence-corrected chi connectivity index (χ1v) is 9.51. The molecular formula is C17H20Br2N2O. The average molecular weight is 428 g/mol. The lowest BCUT2D eigenvalue weighted by Crippen LogP contribution is -2.57. The molecule has 1 saturated heterocycles. The van der Waals surface area contributed by atoms with Crippen LogP contribution in [0.15, 0.2) is 21.1 Å². The quantitative estimate of drug-likeness (QED) is 0.716. The van der Waals surface area contributed by atoms with Crippen molar-refractivity contribution >= 4 is 42.8 Å². The van der Waals surface area contributed by atoms with Crippen LogP contribution in [0, 0.1) is 5.92 Å². The van der Waals surface area contributed by atoms with Gasteiger partial charge in [-0.05, 0) is 82.3 Å². The summed E-state index contributed by atoms with van der Waals surface area (Å²) in [5, 5.41) is 11.2. The molecule has 2 aliphatic heterocycles. The van der Waals surface area contributed by atoms with Crippen LogP contribution in [-0.4, -0.2) is 34.7 Å². The Balaban J connectivity index is 1.98. The summed E-state index contributed by atoms with van der Waals surface area (Å²) in [4.78, 5) is 6.25. The van der Waals surface area contributed by atoms with Gasteiger partial charge in [-0.15, -0.1) is 0 Å². The Kier molecular flexibility index (Phi) is 3.68. The maximum absolute atomic E-state index is 9.94. The van der Waals surface area contributed by atoms with Crippen molar-refractivity contribution in [3.63, 3.8) is 0 Å². The average Bonchev–Trinajstić information content (AvgIpc) is 2.90. The van der Waals surface area contributed by atoms with Crippen LogP contribution >= 0.6 is 31.9 Å². The van der Waals surface area contributed by atoms with Gasteiger partial charge in [-0.2, -0.15) is 0 Å². The van der Waals surface area contributed by atoms with Crippen molar-refractivity contribution in [1.29, 1.82) is 0 Å². The molecule has 2 unspecified atom stereocenters. The van der Waals surface area contributed by atoms with Gasteiger partial charge in [0.1, 0.15) is 0 Å². The molecule has 5 heteroatoms. The van der Waals surface area contributed by atoms with Crippen molar-refractivity contribution in [2.45, 2.75) is 31.7 Å². The van der Waals surface area contributed by atoms with Crippen molar-refractivity contribution in [3.05, 3.63) is 32.3 Å². The molecule has 4 rings (SSSR count). The minimum absolute atomic E-state index is 0.0779. The maximum atomic E-state index is 9.94. The van der Waals surface area contributed by atoms with Crippen LogP contribution in [0.25, 0.3) is 10.9 Å². The minimum atomic E-state index is -0.0779. The molecule has 2 N–H and O–H groups in total. The molecule has 1 aromatic carbocycles. The van der Waals surface area contributed by atoms with E-state index in [0.29, 0.717) is 5.92 Å². The van der Waals surface area contributed by atoms with Gasteiger partial charge in [0.25, 0.3) is 0 Å². The van der Waals surface area contributed by atoms with E-state index in [2.05, 4.69) is 60.8 Å². The number of nitrogens with one attached hydrogen (secondary N) is 1. The second-order valence-corrected chi connectivity index (χ2v) is 8.32. The van der Waals surface area contributed by atoms with Crippen LogP contribution in [0.4, 0.5) is 0 Å². The third-order valence-corrected chi connectivity index (χ3v) is 7.77. The third kappa shape index (κ3) is 1.92. The second-order valence-electron chi connectivity index (χ2n) is 6.67. The zero-order valence-electron chi connectivity index (χ0n) is 12.6. The Bertz CT molecular complexity index is 742. The van der Waals surface area contributed by atoms with Crippen molar-refractivity contribution < 1.29 is 5.11 Å². The SMILES string of the molecule is CC12c3[nH]c4ccc(Br)c(Br)c4c3CCN1CCCC2CO. The Morgan fingerprint density at radius 1 is 1.36 bits per heavy atom. The topological polar surface area (TPSA) is 39.3 Å². The van der Waals surface area contributed by atoms with Crippen molar-refractivity contribution in [2.24, 2.45) is 5.92 Å². The number of aliphatic hydroxyl groups is 1. The summed E-state index contributed by atoms with van der Waals surface area (Å²) in [5.41, 5.74) is 3.84. The molecule has 0 amide bonds. The fourth-order valence-electron chi connectivity index (χ4n) is 4.49. The Morgan fingerprint density at radius 3 is 2.95 bits per heavy atom. The van der Waals surface area contributed by atoms with Crippen molar-refractivity contribution in [1.82, 2.24) is 9.88 Å². The van der Waals surface area contributed by atoms with Gasteiger partial charge >= 0.3 is 0 Å². The number of aromatic nitrogens is 1. The molecular weight excluding hydrogens is 408 g/mol. The van der Waals surface area contributed by atoms with E-state index in [0.717, 1.165) is 34.9 Å². The largest absolute Gasteiger partial charge is 0.396 e. The predicted octanol–water partition coefficient (Wildman–Crippen LogP) is 4.17. The summed E-state index contributed by atoms with van der Waals surface area (Å²) in [6.07, 6.45) is 3.35. The highest BCUT2D eigenvalue weighted by atomic mass is 79.9. The van der Waals surface area contributed by atoms with E-state index in [4.69, 9.17) is 0 Å². The van der Waals surface area contributed by atoms with Gasteiger partial charge in [0.05, 0.1) is 5.54 Å². The van der Waals surface area contributed by atoms with Gasteiger partial charge in [-0.1, -0.05) is 0 Å². The van der Waals surface area contributed by atoms with Gasteiger partial charge in [0, 0.05) is 44.6 Å². The Hall–Kier alpha value is -0.360. The number of aromatic amines is 1. The highest BCUT2D eigenvalue weighted by Gasteiger charge is 2.48. The number of benzene rings is 1. The number of hydrogen-bond donors (Lipinski definition) is 2. The highest BCUT2D eigenvalue weighted by molar-refractivity contribution is 9.13. The number of aliphatic hydroxyl groups excluding tert-OH is 1. The number of fused-ring (bicyclic) bond motifs is 5. The minimum Gasteiger partial charge on any atom is -0.396 e. The fourth-order valence-corrected chi connectivity index (χ4v) is 5.40. The van der Waals surface area contributed by atoms with Gasteiger partial charge in [-0.3, -0.25) is 4.90 Å². The first kappa shape index (κ1) is 15.2. The zero-order chi connectivity index (χ0) is 15.5. The first-order valence-electron chi connectivity index (χ1n) is 7.92. The fraction of sp³-hybridized carbons (Fsp3) is 0.529. The molecule has 118 valence electrons. The number of rotatable bonds is 1. The molecule has 0 bridgehead atoms. The second kappa shape index (κ2) is 5.33. The number of nitrogens with zero attached hydrogens (tertiary/aromatic N) is 1. The number of H-pyrrole nitrogens is 1. The van der Waals surface area contributed by atoms with Crippen LogP contribution in [0.3, 0.4) is 0 Å². The van der Waals surface area contributed by atoms with Crippen LogP contribution in [0.1, 0.15) is 31.0 Å². The standard InChI is InChI=1S/C17H20Br2N2O/c1-17-10(9-22)3-2-7-21(17)8-6-11-14-13(20-16(11)17)5-4-12(18)15(14)19/h4-5,10,20,22H,2-3,6-9H2,1H3. The molecule has 2 aromatic rings. The lowest BCUT2D eigenvalue weighted by Gasteiger charge is -2.52. The van der Waals surface area contributed by atoms with E-state index in [1.165, 1.54) is 28.6 Å². The summed E-state index contributed by atoms with van der Waals surface area (Å²) in [5.74, 6) is 0.301. The maximum Gasteiger partial charge on any atom is 0.0636 e. The third-order valence-electron chi connectivity index (χ3n) is 5.75. The number of hydrogen-bond acceptors (Lipinski definition) is 2. The molecule has 0 spiro atoms. The van der Waals surface area contributed by atoms with Crippen molar-refractivity contribution in [2.75, 3.05) is 19.7 Å². The highest BCUT2D eigenvalue weighted by Crippen LogP contribution is 2.48. The molecule has 1 aromatic heterocycles. The molecule has 0 aliphatic carbocycles. The van der Waals surface area contributed by atoms with E-state index in [9.17, 15) is 5.11 Å². The molecule has 2 atom stereocenters. The van der Waals surface area contributed by atoms with Crippen LogP contribution < -0.4 is 0 Å². The van der Waals surface area contributed by atoms with E-state index in [1.807, 2.05) is 0 Å². The monoisotopic (exact) mass is 426 g/mol. The van der Waals surface area contributed by atoms with E-state index >= 15 is 0 Å². The Labute approximate surface area is 147 Å². The van der Waals surface area contributed by atoms with Gasteiger partial charge in [0.2, 0.25) is 0 Å². The first-order chi connectivity index (χ1) is 10.6. The zero-order valence-corrected chi connectivity index (χ0v) is 15.8. The van der Waals surface area contributed by atoms with E-state index in [1.54, 1.807) is 0 Å². The molecule has 2 aliphatic rings. The Morgan fingerprint density at radius 2 is 2.18 bits per heavy atom. The lowest BCUT2D eigenvalue weighted by molar-refractivity contribution is -0.0303. The van der Waals surface area contributed by atoms with Crippen LogP contribution in [-0.2, 0) is 12.0 Å². The molecule has 0 saturated carbocycles. The van der Waals surface area contributed by atoms with Crippen molar-refractivity contribution in [3.8, 4) is 0 Å². The molecule has 1 fully saturated rings. The van der Waals surface area contributed by atoms with E-state index in [-0.39, 0.29) is 12.1 Å². The summed E-state index contributed by atoms with van der Waals surface area (Å²) >= 11 is 7.37. The summed E-state index contributed by atoms with van der Waals surface area (Å²) < 4.78 is 2.23. The summed E-state index contributed by atoms with van der Waals surface area (Å²) in [6.45, 7) is 4.77. The smallest absolute Gasteiger partial charge is 0.0636 e. The lowest BCUT2D eigenvalue weighted by atomic mass is 9.72. The van der Waals surface area contributed by atoms with Gasteiger partial charge in [-0.25, -0.2) is 0 Å². The number of halogens is 2. The molecule has 22 heavy (non-hydrogen) atoms. The summed E-state index contributed by atoms with van der Waals surface area (Å²) in [6, 6.07) is 4.23. The van der Waals surface area contributed by atoms with Gasteiger partial charge in [0.15, 0.2) is 0 Å². The van der Waals surface area contributed by atoms with E-state index < -0.39 is 0 Å². The normalized spacial score (nSPS) is 28.6. The predicted molar refractivity (Wildman–Crippen MR) is 96.1 cm³/mol. The molecule has 3 nitrogen and oxygen atoms in total. The van der Waals surface area contributed by atoms with Crippen LogP contribution in [0.2, 0.25) is 0 Å². The summed E-state index contributed by atoms with van der Waals surface area (Å²) in [7, 11) is 0. The van der Waals surface area contributed by atoms with Crippen LogP contribution in [0.5, 0.6) is 0 Å². The van der Waals surface area contributed by atoms with Gasteiger partial charge < -0.3 is 10.1 Å². The molecule has 3 heterocycles. The number of piperidine rings is 1.